The van der Waals surface area contributed by atoms with Crippen LogP contribution in [0, 0.1) is 6.92 Å². The second kappa shape index (κ2) is 3.67. The summed E-state index contributed by atoms with van der Waals surface area (Å²) in [6.45, 7) is 2.92. The minimum absolute atomic E-state index is 0.0137. The van der Waals surface area contributed by atoms with E-state index in [2.05, 4.69) is 25.3 Å². The highest BCUT2D eigenvalue weighted by Crippen LogP contribution is 2.40. The first-order valence-electron chi connectivity index (χ1n) is 4.96. The molecular weight excluding hydrogens is 238 g/mol. The maximum absolute atomic E-state index is 11.9. The Bertz CT molecular complexity index is 620. The van der Waals surface area contributed by atoms with E-state index in [0.29, 0.717) is 5.82 Å². The Morgan fingerprint density at radius 2 is 2.22 bits per heavy atom. The predicted molar refractivity (Wildman–Crippen MR) is 61.3 cm³/mol. The lowest BCUT2D eigenvalue weighted by atomic mass is 9.84. The van der Waals surface area contributed by atoms with Gasteiger partial charge in [0.05, 0.1) is 5.56 Å². The van der Waals surface area contributed by atoms with E-state index in [4.69, 9.17) is 11.3 Å². The largest absolute Gasteiger partial charge is 0.383 e. The summed E-state index contributed by atoms with van der Waals surface area (Å²) in [4.78, 5) is 34.0. The molecule has 0 fully saturated rings. The van der Waals surface area contributed by atoms with Crippen LogP contribution in [0.25, 0.3) is 10.4 Å². The number of nitrogen functional groups attached to an aromatic ring is 1. The van der Waals surface area contributed by atoms with Crippen LogP contribution in [0.15, 0.2) is 5.11 Å². The Morgan fingerprint density at radius 3 is 2.83 bits per heavy atom. The monoisotopic (exact) mass is 247 g/mol. The van der Waals surface area contributed by atoms with Crippen molar-refractivity contribution in [2.24, 2.45) is 5.11 Å². The molecule has 3 N–H and O–H groups in total. The Morgan fingerprint density at radius 1 is 1.56 bits per heavy atom. The third-order valence-corrected chi connectivity index (χ3v) is 2.80. The lowest BCUT2D eigenvalue weighted by molar-refractivity contribution is -0.131. The van der Waals surface area contributed by atoms with Gasteiger partial charge in [0, 0.05) is 4.91 Å². The number of anilines is 2. The SMILES string of the molecule is Cc1nc(N)c2c(n1)NC(=O)C2(C)C(=O)N=[N+]=[N-]. The summed E-state index contributed by atoms with van der Waals surface area (Å²) in [6.07, 6.45) is 0. The first-order chi connectivity index (χ1) is 8.41. The minimum Gasteiger partial charge on any atom is -0.383 e. The van der Waals surface area contributed by atoms with Crippen molar-refractivity contribution in [3.8, 4) is 0 Å². The lowest BCUT2D eigenvalue weighted by Gasteiger charge is -2.18. The highest BCUT2D eigenvalue weighted by molar-refractivity contribution is 6.20. The minimum atomic E-state index is -1.68. The summed E-state index contributed by atoms with van der Waals surface area (Å²) < 4.78 is 0. The number of nitrogens with one attached hydrogen (secondary N) is 1. The van der Waals surface area contributed by atoms with Gasteiger partial charge in [0.2, 0.25) is 11.8 Å². The number of amides is 2. The number of nitrogens with two attached hydrogens (primary N) is 1. The van der Waals surface area contributed by atoms with E-state index >= 15 is 0 Å². The number of azide groups is 1. The molecule has 0 bridgehead atoms. The van der Waals surface area contributed by atoms with Gasteiger partial charge in [-0.1, -0.05) is 0 Å². The Kier molecular flexibility index (Phi) is 2.41. The van der Waals surface area contributed by atoms with Gasteiger partial charge in [-0.25, -0.2) is 9.97 Å². The molecule has 1 aliphatic rings. The van der Waals surface area contributed by atoms with Crippen LogP contribution >= 0.6 is 0 Å². The van der Waals surface area contributed by atoms with Gasteiger partial charge in [0.15, 0.2) is 0 Å². The molecule has 0 spiro atoms. The zero-order valence-corrected chi connectivity index (χ0v) is 9.63. The fourth-order valence-electron chi connectivity index (χ4n) is 1.87. The smallest absolute Gasteiger partial charge is 0.243 e. The van der Waals surface area contributed by atoms with Gasteiger partial charge in [-0.15, -0.1) is 0 Å². The molecule has 9 heteroatoms. The molecule has 0 saturated carbocycles. The number of nitrogens with zero attached hydrogens (tertiary/aromatic N) is 5. The number of rotatable bonds is 1. The average molecular weight is 247 g/mol. The van der Waals surface area contributed by atoms with E-state index in [-0.39, 0.29) is 17.2 Å². The Balaban J connectivity index is 2.71. The number of aryl methyl sites for hydroxylation is 1. The van der Waals surface area contributed by atoms with E-state index in [1.54, 1.807) is 6.92 Å². The maximum Gasteiger partial charge on any atom is 0.243 e. The zero-order valence-electron chi connectivity index (χ0n) is 9.63. The first kappa shape index (κ1) is 11.8. The number of hydrogen-bond donors (Lipinski definition) is 2. The van der Waals surface area contributed by atoms with E-state index in [0.717, 1.165) is 0 Å². The van der Waals surface area contributed by atoms with E-state index < -0.39 is 17.2 Å². The summed E-state index contributed by atoms with van der Waals surface area (Å²) >= 11 is 0. The van der Waals surface area contributed by atoms with Crippen LogP contribution in [0.5, 0.6) is 0 Å². The number of aromatic nitrogens is 2. The van der Waals surface area contributed by atoms with E-state index in [1.807, 2.05) is 0 Å². The van der Waals surface area contributed by atoms with Crippen LogP contribution < -0.4 is 11.1 Å². The summed E-state index contributed by atoms with van der Waals surface area (Å²) in [5.41, 5.74) is 12.5. The van der Waals surface area contributed by atoms with Crippen LogP contribution in [0.3, 0.4) is 0 Å². The standard InChI is InChI=1S/C9H9N7O2/c1-3-12-5(10)4-6(13-3)14-7(17)9(4,2)8(18)15-16-11/h1-2H3,(H3,10,12,13,14,17). The molecule has 0 aromatic carbocycles. The predicted octanol–water partition coefficient (Wildman–Crippen LogP) is 0.414. The molecule has 2 rings (SSSR count). The third-order valence-electron chi connectivity index (χ3n) is 2.80. The molecule has 1 unspecified atom stereocenters. The van der Waals surface area contributed by atoms with Gasteiger partial charge in [-0.2, -0.15) is 0 Å². The average Bonchev–Trinajstić information content (AvgIpc) is 2.52. The topological polar surface area (TPSA) is 147 Å². The number of carbonyl (C=O) groups excluding carboxylic acids is 2. The number of hydrogen-bond acceptors (Lipinski definition) is 5. The molecule has 0 radical (unpaired) electrons. The molecule has 9 nitrogen and oxygen atoms in total. The number of fused-ring (bicyclic) bond motifs is 1. The molecular formula is C9H9N7O2. The normalized spacial score (nSPS) is 20.9. The second-order valence-corrected chi connectivity index (χ2v) is 3.95. The summed E-state index contributed by atoms with van der Waals surface area (Å²) in [6, 6.07) is 0. The highest BCUT2D eigenvalue weighted by atomic mass is 16.2. The third kappa shape index (κ3) is 1.38. The van der Waals surface area contributed by atoms with Crippen LogP contribution in [0.4, 0.5) is 11.6 Å². The Hall–Kier alpha value is -2.67. The molecule has 92 valence electrons. The van der Waals surface area contributed by atoms with Crippen LogP contribution in [-0.2, 0) is 15.0 Å². The van der Waals surface area contributed by atoms with Crippen molar-refractivity contribution >= 4 is 23.5 Å². The van der Waals surface area contributed by atoms with Crippen molar-refractivity contribution < 1.29 is 9.59 Å². The molecule has 2 amide bonds. The van der Waals surface area contributed by atoms with Gasteiger partial charge in [0.1, 0.15) is 22.9 Å². The molecule has 1 aliphatic heterocycles. The molecule has 0 aliphatic carbocycles. The van der Waals surface area contributed by atoms with Crippen LogP contribution in [-0.4, -0.2) is 21.8 Å². The van der Waals surface area contributed by atoms with Crippen molar-refractivity contribution in [1.82, 2.24) is 9.97 Å². The van der Waals surface area contributed by atoms with Gasteiger partial charge in [0.25, 0.3) is 0 Å². The van der Waals surface area contributed by atoms with Crippen LogP contribution in [0.1, 0.15) is 18.3 Å². The Labute approximate surface area is 101 Å². The van der Waals surface area contributed by atoms with E-state index in [1.165, 1.54) is 6.92 Å². The van der Waals surface area contributed by atoms with Crippen LogP contribution in [0.2, 0.25) is 0 Å². The zero-order chi connectivity index (χ0) is 13.5. The molecule has 1 aromatic heterocycles. The molecule has 0 saturated heterocycles. The molecule has 1 atom stereocenters. The van der Waals surface area contributed by atoms with Crippen molar-refractivity contribution in [2.45, 2.75) is 19.3 Å². The summed E-state index contributed by atoms with van der Waals surface area (Å²) in [5, 5.41) is 5.40. The maximum atomic E-state index is 11.9. The summed E-state index contributed by atoms with van der Waals surface area (Å²) in [7, 11) is 0. The quantitative estimate of drug-likeness (QED) is 0.319. The second-order valence-electron chi connectivity index (χ2n) is 3.95. The van der Waals surface area contributed by atoms with Gasteiger partial charge in [-0.05, 0) is 24.5 Å². The molecule has 2 heterocycles. The fraction of sp³-hybridized carbons (Fsp3) is 0.333. The highest BCUT2D eigenvalue weighted by Gasteiger charge is 2.51. The van der Waals surface area contributed by atoms with Gasteiger partial charge < -0.3 is 11.1 Å². The van der Waals surface area contributed by atoms with Gasteiger partial charge >= 0.3 is 0 Å². The first-order valence-corrected chi connectivity index (χ1v) is 4.96. The van der Waals surface area contributed by atoms with E-state index in [9.17, 15) is 9.59 Å². The summed E-state index contributed by atoms with van der Waals surface area (Å²) in [5.74, 6) is -1.03. The van der Waals surface area contributed by atoms with Gasteiger partial charge in [-0.3, -0.25) is 9.59 Å². The lowest BCUT2D eigenvalue weighted by Crippen LogP contribution is -2.38. The van der Waals surface area contributed by atoms with Crippen molar-refractivity contribution in [1.29, 1.82) is 0 Å². The van der Waals surface area contributed by atoms with Crippen molar-refractivity contribution in [2.75, 3.05) is 11.1 Å². The fourth-order valence-corrected chi connectivity index (χ4v) is 1.87. The molecule has 1 aromatic rings. The van der Waals surface area contributed by atoms with Crippen molar-refractivity contribution in [3.05, 3.63) is 21.8 Å². The molecule has 18 heavy (non-hydrogen) atoms. The number of carbonyl (C=O) groups is 2. The van der Waals surface area contributed by atoms with Crippen molar-refractivity contribution in [3.63, 3.8) is 0 Å².